The molecule has 0 fully saturated rings. The second-order valence-corrected chi connectivity index (χ2v) is 3.47. The van der Waals surface area contributed by atoms with Gasteiger partial charge in [0.1, 0.15) is 6.54 Å². The zero-order valence-electron chi connectivity index (χ0n) is 7.36. The lowest BCUT2D eigenvalue weighted by Crippen LogP contribution is -2.24. The van der Waals surface area contributed by atoms with E-state index in [9.17, 15) is 9.59 Å². The number of nitrogens with zero attached hydrogens (tertiary/aromatic N) is 1. The lowest BCUT2D eigenvalue weighted by Gasteiger charge is -2.05. The summed E-state index contributed by atoms with van der Waals surface area (Å²) in [6.07, 6.45) is 1.40. The minimum atomic E-state index is -1.08. The van der Waals surface area contributed by atoms with Crippen molar-refractivity contribution in [2.75, 3.05) is 7.11 Å². The topological polar surface area (TPSA) is 68.5 Å². The summed E-state index contributed by atoms with van der Waals surface area (Å²) < 4.78 is 6.45. The molecule has 0 aliphatic rings. The van der Waals surface area contributed by atoms with Crippen LogP contribution in [0.15, 0.2) is 21.5 Å². The standard InChI is InChI=1S/C8H8BrNO4/c1-14-6-2-5(9)3-10(8(6)13)4-7(11)12/h2-3H,4H2,1H3,(H,11,12). The van der Waals surface area contributed by atoms with Crippen LogP contribution in [0.5, 0.6) is 5.75 Å². The van der Waals surface area contributed by atoms with Crippen LogP contribution >= 0.6 is 15.9 Å². The molecule has 0 unspecified atom stereocenters. The van der Waals surface area contributed by atoms with Gasteiger partial charge in [0.25, 0.3) is 5.56 Å². The van der Waals surface area contributed by atoms with Crippen molar-refractivity contribution in [2.24, 2.45) is 0 Å². The molecule has 0 amide bonds. The molecule has 6 heteroatoms. The normalized spacial score (nSPS) is 9.86. The molecule has 1 rings (SSSR count). The summed E-state index contributed by atoms with van der Waals surface area (Å²) in [5, 5.41) is 8.53. The van der Waals surface area contributed by atoms with Crippen LogP contribution in [-0.4, -0.2) is 22.8 Å². The Kier molecular flexibility index (Phi) is 3.29. The first kappa shape index (κ1) is 10.8. The number of halogens is 1. The average Bonchev–Trinajstić information content (AvgIpc) is 2.09. The number of hydrogen-bond donors (Lipinski definition) is 1. The second kappa shape index (κ2) is 4.28. The summed E-state index contributed by atoms with van der Waals surface area (Å²) in [6, 6.07) is 1.49. The monoisotopic (exact) mass is 261 g/mol. The minimum Gasteiger partial charge on any atom is -0.491 e. The largest absolute Gasteiger partial charge is 0.491 e. The molecule has 14 heavy (non-hydrogen) atoms. The highest BCUT2D eigenvalue weighted by atomic mass is 79.9. The molecule has 1 heterocycles. The number of methoxy groups -OCH3 is 1. The number of carboxylic acid groups (broad SMARTS) is 1. The zero-order valence-corrected chi connectivity index (χ0v) is 8.94. The van der Waals surface area contributed by atoms with Crippen LogP contribution in [0.4, 0.5) is 0 Å². The van der Waals surface area contributed by atoms with Crippen molar-refractivity contribution >= 4 is 21.9 Å². The van der Waals surface area contributed by atoms with E-state index in [1.54, 1.807) is 0 Å². The summed E-state index contributed by atoms with van der Waals surface area (Å²) >= 11 is 3.15. The van der Waals surface area contributed by atoms with Crippen LogP contribution in [0, 0.1) is 0 Å². The Morgan fingerprint density at radius 2 is 2.36 bits per heavy atom. The van der Waals surface area contributed by atoms with Crippen LogP contribution in [-0.2, 0) is 11.3 Å². The highest BCUT2D eigenvalue weighted by Crippen LogP contribution is 2.13. The van der Waals surface area contributed by atoms with Crippen molar-refractivity contribution < 1.29 is 14.6 Å². The molecule has 0 spiro atoms. The van der Waals surface area contributed by atoms with Gasteiger partial charge >= 0.3 is 5.97 Å². The van der Waals surface area contributed by atoms with Gasteiger partial charge in [-0.05, 0) is 15.9 Å². The van der Waals surface area contributed by atoms with Gasteiger partial charge in [0, 0.05) is 16.7 Å². The predicted molar refractivity (Wildman–Crippen MR) is 52.6 cm³/mol. The third kappa shape index (κ3) is 2.35. The third-order valence-electron chi connectivity index (χ3n) is 1.55. The van der Waals surface area contributed by atoms with Gasteiger partial charge < -0.3 is 14.4 Å². The Balaban J connectivity index is 3.22. The second-order valence-electron chi connectivity index (χ2n) is 2.55. The molecule has 1 aromatic rings. The maximum atomic E-state index is 11.4. The van der Waals surface area contributed by atoms with Crippen LogP contribution < -0.4 is 10.3 Å². The van der Waals surface area contributed by atoms with Gasteiger partial charge in [-0.1, -0.05) is 0 Å². The van der Waals surface area contributed by atoms with E-state index < -0.39 is 11.5 Å². The van der Waals surface area contributed by atoms with Crippen molar-refractivity contribution in [1.29, 1.82) is 0 Å². The van der Waals surface area contributed by atoms with Gasteiger partial charge in [-0.2, -0.15) is 0 Å². The van der Waals surface area contributed by atoms with Crippen LogP contribution in [0.3, 0.4) is 0 Å². The summed E-state index contributed by atoms with van der Waals surface area (Å²) in [7, 11) is 1.36. The van der Waals surface area contributed by atoms with Gasteiger partial charge in [-0.3, -0.25) is 9.59 Å². The van der Waals surface area contributed by atoms with Crippen LogP contribution in [0.2, 0.25) is 0 Å². The smallest absolute Gasteiger partial charge is 0.323 e. The highest BCUT2D eigenvalue weighted by molar-refractivity contribution is 9.10. The number of rotatable bonds is 3. The van der Waals surface area contributed by atoms with E-state index in [1.165, 1.54) is 19.4 Å². The Morgan fingerprint density at radius 1 is 1.71 bits per heavy atom. The Bertz CT molecular complexity index is 412. The first-order valence-corrected chi connectivity index (χ1v) is 4.49. The molecule has 0 saturated carbocycles. The van der Waals surface area contributed by atoms with E-state index in [0.717, 1.165) is 4.57 Å². The van der Waals surface area contributed by atoms with Crippen molar-refractivity contribution in [2.45, 2.75) is 6.54 Å². The number of aromatic nitrogens is 1. The number of carboxylic acids is 1. The maximum Gasteiger partial charge on any atom is 0.323 e. The fraction of sp³-hybridized carbons (Fsp3) is 0.250. The number of aliphatic carboxylic acids is 1. The molecular weight excluding hydrogens is 254 g/mol. The van der Waals surface area contributed by atoms with Gasteiger partial charge in [0.05, 0.1) is 7.11 Å². The first-order chi connectivity index (χ1) is 6.54. The molecule has 0 radical (unpaired) electrons. The Hall–Kier alpha value is -1.30. The van der Waals surface area contributed by atoms with Gasteiger partial charge in [0.2, 0.25) is 0 Å². The number of carbonyl (C=O) groups is 1. The number of ether oxygens (including phenoxy) is 1. The zero-order chi connectivity index (χ0) is 10.7. The van der Waals surface area contributed by atoms with Gasteiger partial charge in [-0.25, -0.2) is 0 Å². The summed E-state index contributed by atoms with van der Waals surface area (Å²) in [5.41, 5.74) is -0.460. The van der Waals surface area contributed by atoms with E-state index in [1.807, 2.05) is 0 Å². The summed E-state index contributed by atoms with van der Waals surface area (Å²) in [5.74, 6) is -0.965. The van der Waals surface area contributed by atoms with E-state index >= 15 is 0 Å². The van der Waals surface area contributed by atoms with E-state index in [2.05, 4.69) is 15.9 Å². The molecule has 0 aliphatic heterocycles. The van der Waals surface area contributed by atoms with Crippen molar-refractivity contribution in [3.8, 4) is 5.75 Å². The van der Waals surface area contributed by atoms with Crippen molar-refractivity contribution in [1.82, 2.24) is 4.57 Å². The maximum absolute atomic E-state index is 11.4. The first-order valence-electron chi connectivity index (χ1n) is 3.70. The molecule has 5 nitrogen and oxygen atoms in total. The van der Waals surface area contributed by atoms with E-state index in [0.29, 0.717) is 4.47 Å². The fourth-order valence-electron chi connectivity index (χ4n) is 0.983. The molecule has 0 aliphatic carbocycles. The molecule has 76 valence electrons. The molecule has 1 aromatic heterocycles. The van der Waals surface area contributed by atoms with E-state index in [4.69, 9.17) is 9.84 Å². The molecule has 0 aromatic carbocycles. The summed E-state index contributed by atoms with van der Waals surface area (Å²) in [6.45, 7) is -0.380. The Labute approximate surface area is 88.1 Å². The van der Waals surface area contributed by atoms with Crippen LogP contribution in [0.25, 0.3) is 0 Å². The highest BCUT2D eigenvalue weighted by Gasteiger charge is 2.08. The van der Waals surface area contributed by atoms with Gasteiger partial charge in [-0.15, -0.1) is 0 Å². The van der Waals surface area contributed by atoms with E-state index in [-0.39, 0.29) is 12.3 Å². The quantitative estimate of drug-likeness (QED) is 0.870. The molecule has 1 N–H and O–H groups in total. The summed E-state index contributed by atoms with van der Waals surface area (Å²) in [4.78, 5) is 21.9. The molecule has 0 atom stereocenters. The van der Waals surface area contributed by atoms with Crippen molar-refractivity contribution in [3.05, 3.63) is 27.1 Å². The third-order valence-corrected chi connectivity index (χ3v) is 1.98. The van der Waals surface area contributed by atoms with Crippen LogP contribution in [0.1, 0.15) is 0 Å². The molecule has 0 saturated heterocycles. The average molecular weight is 262 g/mol. The van der Waals surface area contributed by atoms with Gasteiger partial charge in [0.15, 0.2) is 5.75 Å². The van der Waals surface area contributed by atoms with Crippen molar-refractivity contribution in [3.63, 3.8) is 0 Å². The minimum absolute atomic E-state index is 0.112. The lowest BCUT2D eigenvalue weighted by molar-refractivity contribution is -0.137. The Morgan fingerprint density at radius 3 is 2.86 bits per heavy atom. The molecular formula is C8H8BrNO4. The predicted octanol–water partition coefficient (Wildman–Crippen LogP) is 0.704. The SMILES string of the molecule is COc1cc(Br)cn(CC(=O)O)c1=O. The molecule has 0 bridgehead atoms. The lowest BCUT2D eigenvalue weighted by atomic mass is 10.4. The number of pyridine rings is 1. The number of hydrogen-bond acceptors (Lipinski definition) is 3. The fourth-order valence-corrected chi connectivity index (χ4v) is 1.44.